The highest BCUT2D eigenvalue weighted by Crippen LogP contribution is 2.44. The Hall–Kier alpha value is -4.42. The fraction of sp³-hybridized carbons (Fsp3) is 0.188. The molecule has 0 aromatic heterocycles. The molecule has 1 heterocycles. The maximum absolute atomic E-state index is 14.0. The smallest absolute Gasteiger partial charge is 0.255 e. The number of hydrogen-bond acceptors (Lipinski definition) is 4. The number of fused-ring (bicyclic) bond motifs is 1. The molecule has 4 aromatic carbocycles. The maximum Gasteiger partial charge on any atom is 0.255 e. The minimum atomic E-state index is -0.637. The Kier molecular flexibility index (Phi) is 7.52. The van der Waals surface area contributed by atoms with E-state index >= 15 is 0 Å². The predicted octanol–water partition coefficient (Wildman–Crippen LogP) is 4.98. The second-order valence-corrected chi connectivity index (χ2v) is 9.36. The Morgan fingerprint density at radius 1 is 0.868 bits per heavy atom. The zero-order valence-electron chi connectivity index (χ0n) is 21.2. The molecule has 0 spiro atoms. The molecule has 0 bridgehead atoms. The lowest BCUT2D eigenvalue weighted by molar-refractivity contribution is -0.124. The summed E-state index contributed by atoms with van der Waals surface area (Å²) in [5, 5.41) is 12.7. The third-order valence-electron chi connectivity index (χ3n) is 7.07. The highest BCUT2D eigenvalue weighted by Gasteiger charge is 2.44. The zero-order chi connectivity index (χ0) is 26.5. The van der Waals surface area contributed by atoms with Crippen LogP contribution >= 0.6 is 0 Å². The molecule has 6 nitrogen and oxygen atoms in total. The standard InChI is InChI=1S/C32H30N2O4/c1-38-28-14-8-5-11-25(28)20-34-30(24-17-15-23(21-35)16-18-24)29(26-12-6-7-13-27(26)32(34)37)31(36)33-19-22-9-3-2-4-10-22/h2-18,29-30,35H,19-21H2,1H3,(H,33,36)/t29-,30+/m1/s1. The third kappa shape index (κ3) is 5.04. The maximum atomic E-state index is 14.0. The van der Waals surface area contributed by atoms with Gasteiger partial charge in [0.2, 0.25) is 5.91 Å². The Labute approximate surface area is 222 Å². The second-order valence-electron chi connectivity index (χ2n) is 9.36. The molecule has 2 atom stereocenters. The Bertz CT molecular complexity index is 1420. The molecule has 0 unspecified atom stereocenters. The number of carbonyl (C=O) groups excluding carboxylic acids is 2. The number of aliphatic hydroxyl groups excluding tert-OH is 1. The molecule has 1 aliphatic heterocycles. The first-order valence-corrected chi connectivity index (χ1v) is 12.6. The predicted molar refractivity (Wildman–Crippen MR) is 145 cm³/mol. The molecule has 0 fully saturated rings. The number of aliphatic hydroxyl groups is 1. The lowest BCUT2D eigenvalue weighted by atomic mass is 9.78. The van der Waals surface area contributed by atoms with Gasteiger partial charge in [0.25, 0.3) is 5.91 Å². The van der Waals surface area contributed by atoms with E-state index in [1.807, 2.05) is 97.1 Å². The fourth-order valence-corrected chi connectivity index (χ4v) is 5.15. The molecule has 6 heteroatoms. The summed E-state index contributed by atoms with van der Waals surface area (Å²) in [5.41, 5.74) is 4.65. The van der Waals surface area contributed by atoms with Gasteiger partial charge in [0.1, 0.15) is 5.75 Å². The van der Waals surface area contributed by atoms with Crippen LogP contribution in [0.4, 0.5) is 0 Å². The monoisotopic (exact) mass is 506 g/mol. The molecule has 0 radical (unpaired) electrons. The lowest BCUT2D eigenvalue weighted by Crippen LogP contribution is -2.47. The zero-order valence-corrected chi connectivity index (χ0v) is 21.2. The molecule has 2 amide bonds. The molecule has 0 aliphatic carbocycles. The van der Waals surface area contributed by atoms with Gasteiger partial charge in [-0.1, -0.05) is 91.0 Å². The van der Waals surface area contributed by atoms with Crippen LogP contribution in [0.5, 0.6) is 5.75 Å². The largest absolute Gasteiger partial charge is 0.496 e. The summed E-state index contributed by atoms with van der Waals surface area (Å²) < 4.78 is 5.58. The van der Waals surface area contributed by atoms with Crippen molar-refractivity contribution in [1.29, 1.82) is 0 Å². The summed E-state index contributed by atoms with van der Waals surface area (Å²) in [5.74, 6) is -0.258. The van der Waals surface area contributed by atoms with Crippen LogP contribution < -0.4 is 10.1 Å². The van der Waals surface area contributed by atoms with E-state index in [4.69, 9.17) is 4.74 Å². The van der Waals surface area contributed by atoms with Crippen molar-refractivity contribution in [2.45, 2.75) is 31.7 Å². The number of para-hydroxylation sites is 1. The van der Waals surface area contributed by atoms with Crippen LogP contribution in [0, 0.1) is 0 Å². The first-order valence-electron chi connectivity index (χ1n) is 12.6. The van der Waals surface area contributed by atoms with E-state index < -0.39 is 12.0 Å². The average Bonchev–Trinajstić information content (AvgIpc) is 2.98. The van der Waals surface area contributed by atoms with Crippen molar-refractivity contribution in [3.63, 3.8) is 0 Å². The minimum absolute atomic E-state index is 0.0847. The van der Waals surface area contributed by atoms with Gasteiger partial charge in [-0.2, -0.15) is 0 Å². The number of benzene rings is 4. The van der Waals surface area contributed by atoms with E-state index in [9.17, 15) is 14.7 Å². The molecule has 5 rings (SSSR count). The number of carbonyl (C=O) groups is 2. The molecule has 0 saturated heterocycles. The summed E-state index contributed by atoms with van der Waals surface area (Å²) in [6.07, 6.45) is 0. The van der Waals surface area contributed by atoms with Gasteiger partial charge in [0.15, 0.2) is 0 Å². The van der Waals surface area contributed by atoms with Crippen LogP contribution in [0.15, 0.2) is 103 Å². The highest BCUT2D eigenvalue weighted by molar-refractivity contribution is 6.01. The van der Waals surface area contributed by atoms with Crippen molar-refractivity contribution in [2.24, 2.45) is 0 Å². The van der Waals surface area contributed by atoms with E-state index in [0.29, 0.717) is 23.4 Å². The van der Waals surface area contributed by atoms with Crippen LogP contribution in [-0.2, 0) is 24.5 Å². The number of ether oxygens (including phenoxy) is 1. The summed E-state index contributed by atoms with van der Waals surface area (Å²) in [7, 11) is 1.61. The van der Waals surface area contributed by atoms with Gasteiger partial charge in [-0.15, -0.1) is 0 Å². The highest BCUT2D eigenvalue weighted by atomic mass is 16.5. The van der Waals surface area contributed by atoms with Gasteiger partial charge < -0.3 is 20.1 Å². The van der Waals surface area contributed by atoms with Crippen LogP contribution in [-0.4, -0.2) is 28.9 Å². The van der Waals surface area contributed by atoms with E-state index in [0.717, 1.165) is 22.3 Å². The average molecular weight is 507 g/mol. The van der Waals surface area contributed by atoms with Crippen molar-refractivity contribution in [3.8, 4) is 5.75 Å². The summed E-state index contributed by atoms with van der Waals surface area (Å²) >= 11 is 0. The molecule has 2 N–H and O–H groups in total. The molecule has 1 aliphatic rings. The topological polar surface area (TPSA) is 78.9 Å². The fourth-order valence-electron chi connectivity index (χ4n) is 5.15. The van der Waals surface area contributed by atoms with E-state index in [-0.39, 0.29) is 25.0 Å². The number of hydrogen-bond donors (Lipinski definition) is 2. The Balaban J connectivity index is 1.60. The molecular formula is C32H30N2O4. The third-order valence-corrected chi connectivity index (χ3v) is 7.07. The van der Waals surface area contributed by atoms with Gasteiger partial charge in [-0.25, -0.2) is 0 Å². The van der Waals surface area contributed by atoms with Gasteiger partial charge >= 0.3 is 0 Å². The first-order chi connectivity index (χ1) is 18.6. The number of methoxy groups -OCH3 is 1. The summed E-state index contributed by atoms with van der Waals surface area (Å²) in [6, 6.07) is 31.6. The second kappa shape index (κ2) is 11.3. The summed E-state index contributed by atoms with van der Waals surface area (Å²) in [4.78, 5) is 29.7. The Morgan fingerprint density at radius 3 is 2.29 bits per heavy atom. The van der Waals surface area contributed by atoms with Gasteiger partial charge in [-0.3, -0.25) is 9.59 Å². The van der Waals surface area contributed by atoms with E-state index in [1.54, 1.807) is 18.1 Å². The number of nitrogens with zero attached hydrogens (tertiary/aromatic N) is 1. The van der Waals surface area contributed by atoms with Gasteiger partial charge in [-0.05, 0) is 34.4 Å². The number of amides is 2. The number of nitrogens with one attached hydrogen (secondary N) is 1. The van der Waals surface area contributed by atoms with E-state index in [1.165, 1.54) is 0 Å². The van der Waals surface area contributed by atoms with Crippen molar-refractivity contribution in [1.82, 2.24) is 10.2 Å². The van der Waals surface area contributed by atoms with Crippen molar-refractivity contribution in [3.05, 3.63) is 137 Å². The van der Waals surface area contributed by atoms with Crippen molar-refractivity contribution >= 4 is 11.8 Å². The van der Waals surface area contributed by atoms with E-state index in [2.05, 4.69) is 5.32 Å². The van der Waals surface area contributed by atoms with Crippen molar-refractivity contribution < 1.29 is 19.4 Å². The van der Waals surface area contributed by atoms with Crippen LogP contribution in [0.2, 0.25) is 0 Å². The number of rotatable bonds is 8. The minimum Gasteiger partial charge on any atom is -0.496 e. The van der Waals surface area contributed by atoms with Crippen LogP contribution in [0.3, 0.4) is 0 Å². The normalized spacial score (nSPS) is 16.6. The molecular weight excluding hydrogens is 476 g/mol. The summed E-state index contributed by atoms with van der Waals surface area (Å²) in [6.45, 7) is 0.569. The first kappa shape index (κ1) is 25.2. The lowest BCUT2D eigenvalue weighted by Gasteiger charge is -2.42. The van der Waals surface area contributed by atoms with Crippen molar-refractivity contribution in [2.75, 3.05) is 7.11 Å². The van der Waals surface area contributed by atoms with Crippen LogP contribution in [0.25, 0.3) is 0 Å². The van der Waals surface area contributed by atoms with Gasteiger partial charge in [0.05, 0.1) is 32.2 Å². The molecule has 192 valence electrons. The molecule has 4 aromatic rings. The van der Waals surface area contributed by atoms with Crippen LogP contribution in [0.1, 0.15) is 50.1 Å². The quantitative estimate of drug-likeness (QED) is 0.353. The molecule has 0 saturated carbocycles. The molecule has 38 heavy (non-hydrogen) atoms. The SMILES string of the molecule is COc1ccccc1CN1C(=O)c2ccccc2[C@@H](C(=O)NCc2ccccc2)[C@@H]1c1ccc(CO)cc1. The van der Waals surface area contributed by atoms with Gasteiger partial charge in [0, 0.05) is 17.7 Å². The Morgan fingerprint density at radius 2 is 1.55 bits per heavy atom.